The van der Waals surface area contributed by atoms with E-state index in [9.17, 15) is 0 Å². The molecule has 0 aliphatic rings. The van der Waals surface area contributed by atoms with E-state index in [1.165, 1.54) is 16.0 Å². The molecule has 25 heavy (non-hydrogen) atoms. The van der Waals surface area contributed by atoms with Crippen molar-refractivity contribution in [2.24, 2.45) is 0 Å². The summed E-state index contributed by atoms with van der Waals surface area (Å²) >= 11 is 5.74. The molecule has 0 spiro atoms. The van der Waals surface area contributed by atoms with Crippen molar-refractivity contribution in [3.8, 4) is 5.69 Å². The van der Waals surface area contributed by atoms with Crippen LogP contribution < -0.4 is 4.90 Å². The molecule has 1 aromatic heterocycles. The van der Waals surface area contributed by atoms with Gasteiger partial charge in [-0.05, 0) is 44.6 Å². The Balaban J connectivity index is 1.87. The maximum absolute atomic E-state index is 5.74. The summed E-state index contributed by atoms with van der Waals surface area (Å²) in [5, 5.41) is 4.71. The Morgan fingerprint density at radius 2 is 1.68 bits per heavy atom. The molecular formula is C20H25N4S+. The highest BCUT2D eigenvalue weighted by Crippen LogP contribution is 2.16. The van der Waals surface area contributed by atoms with Gasteiger partial charge in [-0.25, -0.2) is 0 Å². The van der Waals surface area contributed by atoms with Gasteiger partial charge in [0.25, 0.3) is 0 Å². The zero-order valence-electron chi connectivity index (χ0n) is 15.1. The first-order valence-electron chi connectivity index (χ1n) is 8.70. The third-order valence-electron chi connectivity index (χ3n) is 4.53. The van der Waals surface area contributed by atoms with E-state index in [4.69, 9.17) is 17.3 Å². The number of hydrogen-bond acceptors (Lipinski definition) is 2. The van der Waals surface area contributed by atoms with Crippen molar-refractivity contribution in [1.82, 2.24) is 14.3 Å². The summed E-state index contributed by atoms with van der Waals surface area (Å²) in [6.07, 6.45) is 0. The minimum Gasteiger partial charge on any atom is -0.313 e. The molecule has 0 radical (unpaired) electrons. The SMILES string of the molecule is CC[NH+](Cc1ccccc1)Cn1nc(C)n(-c2ccccc2C)c1=S. The van der Waals surface area contributed by atoms with E-state index in [1.807, 2.05) is 23.7 Å². The van der Waals surface area contributed by atoms with E-state index in [-0.39, 0.29) is 0 Å². The second kappa shape index (κ2) is 7.76. The Kier molecular flexibility index (Phi) is 5.46. The average Bonchev–Trinajstić information content (AvgIpc) is 2.89. The molecule has 0 saturated carbocycles. The topological polar surface area (TPSA) is 27.2 Å². The van der Waals surface area contributed by atoms with Crippen LogP contribution >= 0.6 is 12.2 Å². The summed E-state index contributed by atoms with van der Waals surface area (Å²) in [7, 11) is 0. The zero-order chi connectivity index (χ0) is 17.8. The van der Waals surface area contributed by atoms with Gasteiger partial charge in [0.15, 0.2) is 6.67 Å². The Bertz CT molecular complexity index is 896. The monoisotopic (exact) mass is 353 g/mol. The summed E-state index contributed by atoms with van der Waals surface area (Å²) in [6.45, 7) is 9.08. The van der Waals surface area contributed by atoms with Crippen molar-refractivity contribution in [1.29, 1.82) is 0 Å². The van der Waals surface area contributed by atoms with Crippen molar-refractivity contribution >= 4 is 12.2 Å². The second-order valence-corrected chi connectivity index (χ2v) is 6.74. The lowest BCUT2D eigenvalue weighted by atomic mass is 10.2. The summed E-state index contributed by atoms with van der Waals surface area (Å²) in [6, 6.07) is 18.9. The molecule has 0 amide bonds. The number of benzene rings is 2. The summed E-state index contributed by atoms with van der Waals surface area (Å²) in [4.78, 5) is 1.43. The Morgan fingerprint density at radius 1 is 1.00 bits per heavy atom. The number of rotatable bonds is 6. The van der Waals surface area contributed by atoms with Crippen LogP contribution in [0.1, 0.15) is 23.9 Å². The molecule has 2 aromatic carbocycles. The van der Waals surface area contributed by atoms with Gasteiger partial charge in [0.1, 0.15) is 12.4 Å². The Morgan fingerprint density at radius 3 is 2.36 bits per heavy atom. The molecule has 3 rings (SSSR count). The third kappa shape index (κ3) is 3.89. The van der Waals surface area contributed by atoms with E-state index < -0.39 is 0 Å². The van der Waals surface area contributed by atoms with Crippen LogP contribution in [-0.4, -0.2) is 20.9 Å². The molecule has 0 saturated heterocycles. The van der Waals surface area contributed by atoms with Gasteiger partial charge in [-0.3, -0.25) is 4.57 Å². The lowest BCUT2D eigenvalue weighted by Gasteiger charge is -2.17. The number of para-hydroxylation sites is 1. The predicted molar refractivity (Wildman–Crippen MR) is 104 cm³/mol. The van der Waals surface area contributed by atoms with Crippen LogP contribution in [0.4, 0.5) is 0 Å². The molecule has 0 aliphatic heterocycles. The van der Waals surface area contributed by atoms with Crippen LogP contribution in [0, 0.1) is 18.6 Å². The van der Waals surface area contributed by atoms with Crippen LogP contribution in [0.3, 0.4) is 0 Å². The molecular weight excluding hydrogens is 328 g/mol. The standard InChI is InChI=1S/C20H24N4S/c1-4-22(14-18-11-6-5-7-12-18)15-23-20(25)24(17(3)21-23)19-13-9-8-10-16(19)2/h5-13H,4,14-15H2,1-3H3/p+1. The van der Waals surface area contributed by atoms with Crippen LogP contribution in [-0.2, 0) is 13.2 Å². The fourth-order valence-electron chi connectivity index (χ4n) is 3.10. The molecule has 0 fully saturated rings. The molecule has 130 valence electrons. The number of nitrogens with one attached hydrogen (secondary N) is 1. The number of hydrogen-bond donors (Lipinski definition) is 1. The summed E-state index contributed by atoms with van der Waals surface area (Å²) in [5.74, 6) is 0.925. The van der Waals surface area contributed by atoms with E-state index in [0.717, 1.165) is 36.0 Å². The number of aromatic nitrogens is 3. The van der Waals surface area contributed by atoms with Gasteiger partial charge < -0.3 is 4.90 Å². The maximum Gasteiger partial charge on any atom is 0.207 e. The van der Waals surface area contributed by atoms with Gasteiger partial charge in [0.2, 0.25) is 4.77 Å². The molecule has 5 heteroatoms. The van der Waals surface area contributed by atoms with Crippen molar-refractivity contribution in [3.63, 3.8) is 0 Å². The number of quaternary nitrogens is 1. The fraction of sp³-hybridized carbons (Fsp3) is 0.300. The molecule has 0 bridgehead atoms. The van der Waals surface area contributed by atoms with E-state index in [0.29, 0.717) is 0 Å². The molecule has 1 atom stereocenters. The van der Waals surface area contributed by atoms with E-state index >= 15 is 0 Å². The van der Waals surface area contributed by atoms with Gasteiger partial charge in [-0.15, -0.1) is 0 Å². The largest absolute Gasteiger partial charge is 0.313 e. The van der Waals surface area contributed by atoms with Gasteiger partial charge in [0.05, 0.1) is 12.2 Å². The first-order chi connectivity index (χ1) is 12.1. The highest BCUT2D eigenvalue weighted by Gasteiger charge is 2.15. The molecule has 1 N–H and O–H groups in total. The van der Waals surface area contributed by atoms with Gasteiger partial charge in [-0.2, -0.15) is 9.78 Å². The summed E-state index contributed by atoms with van der Waals surface area (Å²) < 4.78 is 4.78. The molecule has 1 heterocycles. The maximum atomic E-state index is 5.74. The van der Waals surface area contributed by atoms with Gasteiger partial charge in [0, 0.05) is 5.56 Å². The lowest BCUT2D eigenvalue weighted by Crippen LogP contribution is -3.09. The van der Waals surface area contributed by atoms with Crippen LogP contribution in [0.25, 0.3) is 5.69 Å². The van der Waals surface area contributed by atoms with Crippen molar-refractivity contribution in [3.05, 3.63) is 76.3 Å². The minimum atomic E-state index is 0.755. The highest BCUT2D eigenvalue weighted by molar-refractivity contribution is 7.71. The predicted octanol–water partition coefficient (Wildman–Crippen LogP) is 3.08. The van der Waals surface area contributed by atoms with Crippen molar-refractivity contribution in [2.45, 2.75) is 34.0 Å². The Labute approximate surface area is 154 Å². The second-order valence-electron chi connectivity index (χ2n) is 6.38. The molecule has 4 nitrogen and oxygen atoms in total. The van der Waals surface area contributed by atoms with Crippen molar-refractivity contribution < 1.29 is 4.90 Å². The first-order valence-corrected chi connectivity index (χ1v) is 9.11. The van der Waals surface area contributed by atoms with Crippen LogP contribution in [0.2, 0.25) is 0 Å². The average molecular weight is 354 g/mol. The quantitative estimate of drug-likeness (QED) is 0.690. The summed E-state index contributed by atoms with van der Waals surface area (Å²) in [5.41, 5.74) is 3.64. The normalized spacial score (nSPS) is 12.3. The lowest BCUT2D eigenvalue weighted by molar-refractivity contribution is -0.935. The van der Waals surface area contributed by atoms with Crippen molar-refractivity contribution in [2.75, 3.05) is 6.54 Å². The van der Waals surface area contributed by atoms with Crippen LogP contribution in [0.5, 0.6) is 0 Å². The molecule has 0 aliphatic carbocycles. The Hall–Kier alpha value is -2.24. The highest BCUT2D eigenvalue weighted by atomic mass is 32.1. The van der Waals surface area contributed by atoms with E-state index in [1.54, 1.807) is 0 Å². The number of nitrogens with zero attached hydrogens (tertiary/aromatic N) is 3. The van der Waals surface area contributed by atoms with E-state index in [2.05, 4.69) is 60.9 Å². The minimum absolute atomic E-state index is 0.755. The smallest absolute Gasteiger partial charge is 0.207 e. The van der Waals surface area contributed by atoms with Gasteiger partial charge >= 0.3 is 0 Å². The molecule has 3 aromatic rings. The number of aryl methyl sites for hydroxylation is 2. The zero-order valence-corrected chi connectivity index (χ0v) is 15.9. The first kappa shape index (κ1) is 17.6. The van der Waals surface area contributed by atoms with Crippen LogP contribution in [0.15, 0.2) is 54.6 Å². The third-order valence-corrected chi connectivity index (χ3v) is 4.92. The van der Waals surface area contributed by atoms with Gasteiger partial charge in [-0.1, -0.05) is 48.5 Å². The fourth-order valence-corrected chi connectivity index (χ4v) is 3.44. The molecule has 1 unspecified atom stereocenters.